The van der Waals surface area contributed by atoms with Crippen LogP contribution in [0.4, 0.5) is 0 Å². The van der Waals surface area contributed by atoms with E-state index in [4.69, 9.17) is 0 Å². The molecule has 0 spiro atoms. The Balaban J connectivity index is 0.00000306. The van der Waals surface area contributed by atoms with Gasteiger partial charge in [0.05, 0.1) is 12.1 Å². The van der Waals surface area contributed by atoms with Crippen molar-refractivity contribution in [2.75, 3.05) is 21.1 Å². The van der Waals surface area contributed by atoms with E-state index in [0.717, 1.165) is 17.5 Å². The summed E-state index contributed by atoms with van der Waals surface area (Å²) < 4.78 is 0. The molecule has 5 atom stereocenters. The molecule has 0 N–H and O–H groups in total. The summed E-state index contributed by atoms with van der Waals surface area (Å²) in [5.74, 6) is 0.174. The fourth-order valence-electron chi connectivity index (χ4n) is 4.72. The molecule has 3 rings (SSSR count). The van der Waals surface area contributed by atoms with Crippen molar-refractivity contribution in [3.63, 3.8) is 0 Å². The van der Waals surface area contributed by atoms with Crippen LogP contribution >= 0.6 is 0 Å². The molecule has 3 unspecified atom stereocenters. The molecule has 0 aliphatic rings. The molecular formula is C30H38Li2N2O. The van der Waals surface area contributed by atoms with Gasteiger partial charge >= 0.3 is 37.7 Å². The summed E-state index contributed by atoms with van der Waals surface area (Å²) >= 11 is 0. The molecule has 0 radical (unpaired) electrons. The molecule has 3 aromatic rings. The Labute approximate surface area is 237 Å². The largest absolute Gasteiger partial charge is 1.00 e. The number of likely N-dealkylation sites (N-methyl/N-ethyl adjacent to an activating group) is 2. The topological polar surface area (TPSA) is 29.5 Å². The van der Waals surface area contributed by atoms with Crippen LogP contribution in [0.5, 0.6) is 0 Å². The third-order valence-electron chi connectivity index (χ3n) is 6.79. The first kappa shape index (κ1) is 31.6. The third kappa shape index (κ3) is 8.31. The minimum absolute atomic E-state index is 0. The van der Waals surface area contributed by atoms with Gasteiger partial charge in [-0.05, 0) is 38.2 Å². The van der Waals surface area contributed by atoms with Gasteiger partial charge in [0.25, 0.3) is 0 Å². The first-order valence-electron chi connectivity index (χ1n) is 12.0. The van der Waals surface area contributed by atoms with Crippen LogP contribution in [0.2, 0.25) is 0 Å². The quantitative estimate of drug-likeness (QED) is 0.223. The van der Waals surface area contributed by atoms with Crippen molar-refractivity contribution in [3.05, 3.63) is 114 Å². The van der Waals surface area contributed by atoms with E-state index < -0.39 is 6.23 Å². The first-order valence-corrected chi connectivity index (χ1v) is 12.0. The van der Waals surface area contributed by atoms with Crippen molar-refractivity contribution in [1.29, 1.82) is 0 Å². The normalized spacial score (nSPS) is 15.3. The van der Waals surface area contributed by atoms with E-state index in [9.17, 15) is 5.11 Å². The van der Waals surface area contributed by atoms with Crippen molar-refractivity contribution in [2.45, 2.75) is 38.6 Å². The van der Waals surface area contributed by atoms with Crippen molar-refractivity contribution >= 4 is 0 Å². The Bertz CT molecular complexity index is 940. The third-order valence-corrected chi connectivity index (χ3v) is 6.79. The van der Waals surface area contributed by atoms with Gasteiger partial charge < -0.3 is 14.9 Å². The maximum atomic E-state index is 14.2. The van der Waals surface area contributed by atoms with E-state index in [1.165, 1.54) is 5.56 Å². The molecule has 0 saturated carbocycles. The second-order valence-corrected chi connectivity index (χ2v) is 9.27. The van der Waals surface area contributed by atoms with Crippen molar-refractivity contribution in [3.8, 4) is 0 Å². The van der Waals surface area contributed by atoms with E-state index in [0.29, 0.717) is 0 Å². The Kier molecular flexibility index (Phi) is 14.2. The minimum Gasteiger partial charge on any atom is -0.841 e. The van der Waals surface area contributed by atoms with Gasteiger partial charge in [-0.25, -0.2) is 0 Å². The Morgan fingerprint density at radius 1 is 0.714 bits per heavy atom. The zero-order valence-electron chi connectivity index (χ0n) is 22.6. The molecule has 0 fully saturated rings. The molecule has 3 nitrogen and oxygen atoms in total. The Morgan fingerprint density at radius 3 is 1.57 bits per heavy atom. The van der Waals surface area contributed by atoms with Crippen LogP contribution in [0.3, 0.4) is 0 Å². The molecule has 0 heterocycles. The first-order chi connectivity index (χ1) is 15.9. The fourth-order valence-corrected chi connectivity index (χ4v) is 4.72. The maximum Gasteiger partial charge on any atom is 1.00 e. The summed E-state index contributed by atoms with van der Waals surface area (Å²) in [5, 5.41) is 14.2. The predicted molar refractivity (Wildman–Crippen MR) is 136 cm³/mol. The van der Waals surface area contributed by atoms with Gasteiger partial charge in [-0.2, -0.15) is 24.1 Å². The minimum atomic E-state index is -0.878. The summed E-state index contributed by atoms with van der Waals surface area (Å²) in [6.45, 7) is 4.37. The summed E-state index contributed by atoms with van der Waals surface area (Å²) in [4.78, 5) is 4.29. The standard InChI is InChI=1S/C30H38N2O.2Li/c1-6-23(2)27(22-24-16-10-7-11-17-24)30(33)32(5)29(26-20-14-9-15-21-26)28(31(3)4)25-18-12-8-13-19-25;;/h7-23,27-30H,6H2,1-5H3;;/q-2;2*+1/t23?,27?,28-,29-,30?;;/m1../s1. The van der Waals surface area contributed by atoms with Gasteiger partial charge in [-0.15, -0.1) is 12.1 Å². The number of hydrogen-bond donors (Lipinski definition) is 0. The van der Waals surface area contributed by atoms with Crippen LogP contribution in [0.25, 0.3) is 0 Å². The monoisotopic (exact) mass is 456 g/mol. The van der Waals surface area contributed by atoms with Crippen molar-refractivity contribution in [2.24, 2.45) is 11.8 Å². The molecule has 0 aliphatic heterocycles. The van der Waals surface area contributed by atoms with Crippen LogP contribution in [-0.4, -0.2) is 37.2 Å². The van der Waals surface area contributed by atoms with E-state index in [1.54, 1.807) is 0 Å². The molecule has 0 bridgehead atoms. The van der Waals surface area contributed by atoms with Gasteiger partial charge in [-0.1, -0.05) is 99.1 Å². The second kappa shape index (κ2) is 15.7. The number of nitrogens with zero attached hydrogens (tertiary/aromatic N) is 2. The smallest absolute Gasteiger partial charge is 0.841 e. The van der Waals surface area contributed by atoms with Gasteiger partial charge in [0.2, 0.25) is 0 Å². The van der Waals surface area contributed by atoms with Gasteiger partial charge in [0.1, 0.15) is 0 Å². The van der Waals surface area contributed by atoms with Crippen LogP contribution < -0.4 is 42.8 Å². The van der Waals surface area contributed by atoms with Crippen LogP contribution in [0, 0.1) is 18.3 Å². The average molecular weight is 457 g/mol. The zero-order chi connectivity index (χ0) is 23.8. The van der Waals surface area contributed by atoms with E-state index in [2.05, 4.69) is 105 Å². The molecule has 0 aliphatic carbocycles. The molecule has 176 valence electrons. The number of benzene rings is 3. The maximum absolute atomic E-state index is 14.2. The molecule has 0 amide bonds. The molecule has 3 aromatic carbocycles. The summed E-state index contributed by atoms with van der Waals surface area (Å²) in [6.07, 6.45) is 2.26. The molecule has 0 aromatic heterocycles. The average Bonchev–Trinajstić information content (AvgIpc) is 2.86. The van der Waals surface area contributed by atoms with Gasteiger partial charge in [0.15, 0.2) is 0 Å². The summed E-state index contributed by atoms with van der Waals surface area (Å²) in [6, 6.07) is 31.2. The fraction of sp³-hybridized carbons (Fsp3) is 0.367. The Morgan fingerprint density at radius 2 is 1.14 bits per heavy atom. The second-order valence-electron chi connectivity index (χ2n) is 9.27. The van der Waals surface area contributed by atoms with Crippen molar-refractivity contribution in [1.82, 2.24) is 9.80 Å². The van der Waals surface area contributed by atoms with Gasteiger partial charge in [0, 0.05) is 0 Å². The summed E-state index contributed by atoms with van der Waals surface area (Å²) in [5.41, 5.74) is 3.48. The van der Waals surface area contributed by atoms with Gasteiger partial charge in [-0.3, -0.25) is 0 Å². The van der Waals surface area contributed by atoms with Crippen LogP contribution in [0.15, 0.2) is 91.0 Å². The Hall–Kier alpha value is -1.40. The predicted octanol–water partition coefficient (Wildman–Crippen LogP) is -0.428. The van der Waals surface area contributed by atoms with Crippen LogP contribution in [-0.2, 0) is 0 Å². The molecular weight excluding hydrogens is 418 g/mol. The van der Waals surface area contributed by atoms with Crippen molar-refractivity contribution < 1.29 is 42.8 Å². The number of rotatable bonds is 11. The van der Waals surface area contributed by atoms with E-state index >= 15 is 0 Å². The summed E-state index contributed by atoms with van der Waals surface area (Å²) in [7, 11) is 6.20. The molecule has 0 saturated heterocycles. The van der Waals surface area contributed by atoms with Crippen LogP contribution in [0.1, 0.15) is 49.0 Å². The molecule has 5 heteroatoms. The van der Waals surface area contributed by atoms with E-state index in [-0.39, 0.29) is 61.6 Å². The SMILES string of the molecule is CCC(C)C([CH-]c1ccccc1)C([O-])N(C)[C@H](c1ccccc1)[C@@H](c1ccccc1)N(C)C.[Li+].[Li+]. The zero-order valence-corrected chi connectivity index (χ0v) is 22.6. The number of hydrogen-bond acceptors (Lipinski definition) is 3. The molecule has 35 heavy (non-hydrogen) atoms. The van der Waals surface area contributed by atoms with E-state index in [1.807, 2.05) is 37.4 Å².